The van der Waals surface area contributed by atoms with Crippen molar-refractivity contribution >= 4 is 21.9 Å². The van der Waals surface area contributed by atoms with E-state index in [1.54, 1.807) is 4.90 Å². The van der Waals surface area contributed by atoms with Gasteiger partial charge in [0.1, 0.15) is 0 Å². The minimum atomic E-state index is -3.64. The van der Waals surface area contributed by atoms with E-state index in [0.717, 1.165) is 23.2 Å². The van der Waals surface area contributed by atoms with E-state index < -0.39 is 16.0 Å². The lowest BCUT2D eigenvalue weighted by atomic mass is 9.75. The topological polar surface area (TPSA) is 84.0 Å². The Kier molecular flexibility index (Phi) is 6.40. The summed E-state index contributed by atoms with van der Waals surface area (Å²) >= 11 is 0. The fourth-order valence-corrected chi connectivity index (χ4v) is 5.07. The van der Waals surface area contributed by atoms with Gasteiger partial charge in [0, 0.05) is 27.2 Å². The maximum Gasteiger partial charge on any atom is 0.338 e. The van der Waals surface area contributed by atoms with Crippen LogP contribution in [-0.2, 0) is 19.6 Å². The molecule has 2 aliphatic rings. The molecule has 1 heterocycles. The maximum absolute atomic E-state index is 12.5. The van der Waals surface area contributed by atoms with Crippen molar-refractivity contribution in [2.24, 2.45) is 11.8 Å². The van der Waals surface area contributed by atoms with Crippen LogP contribution in [0.5, 0.6) is 0 Å². The molecule has 1 aliphatic heterocycles. The first kappa shape index (κ1) is 20.8. The maximum atomic E-state index is 12.5. The lowest BCUT2D eigenvalue weighted by molar-refractivity contribution is -0.137. The zero-order chi connectivity index (χ0) is 20.3. The number of piperidine rings is 1. The van der Waals surface area contributed by atoms with Gasteiger partial charge in [0.05, 0.1) is 10.5 Å². The van der Waals surface area contributed by atoms with Crippen molar-refractivity contribution in [3.8, 4) is 0 Å². The highest BCUT2D eigenvalue weighted by atomic mass is 32.2. The number of rotatable bonds is 5. The summed E-state index contributed by atoms with van der Waals surface area (Å²) in [6.45, 7) is 1.15. The molecular weight excluding hydrogens is 380 g/mol. The molecule has 0 aromatic heterocycles. The van der Waals surface area contributed by atoms with E-state index >= 15 is 0 Å². The molecule has 8 heteroatoms. The monoisotopic (exact) mass is 408 g/mol. The molecule has 1 aromatic rings. The lowest BCUT2D eigenvalue weighted by Crippen LogP contribution is -2.46. The molecule has 3 rings (SSSR count). The number of nitrogens with zero attached hydrogens (tertiary/aromatic N) is 2. The number of sulfonamides is 1. The Bertz CT molecular complexity index is 837. The highest BCUT2D eigenvalue weighted by Gasteiger charge is 2.33. The second kappa shape index (κ2) is 8.61. The van der Waals surface area contributed by atoms with Gasteiger partial charge in [-0.05, 0) is 42.9 Å². The number of fused-ring (bicyclic) bond motifs is 1. The number of carbonyl (C=O) groups excluding carboxylic acids is 2. The first-order chi connectivity index (χ1) is 13.3. The van der Waals surface area contributed by atoms with Crippen molar-refractivity contribution in [2.45, 2.75) is 37.0 Å². The van der Waals surface area contributed by atoms with Crippen LogP contribution in [0.1, 0.15) is 42.5 Å². The minimum absolute atomic E-state index is 0.0117. The van der Waals surface area contributed by atoms with Crippen molar-refractivity contribution in [1.82, 2.24) is 9.21 Å². The Hall–Kier alpha value is -1.93. The molecule has 154 valence electrons. The van der Waals surface area contributed by atoms with Crippen molar-refractivity contribution in [1.29, 1.82) is 0 Å². The molecule has 1 saturated carbocycles. The van der Waals surface area contributed by atoms with Gasteiger partial charge in [-0.2, -0.15) is 0 Å². The minimum Gasteiger partial charge on any atom is -0.452 e. The molecule has 0 spiro atoms. The van der Waals surface area contributed by atoms with E-state index in [0.29, 0.717) is 12.5 Å². The molecule has 1 aromatic carbocycles. The molecule has 1 amide bonds. The molecule has 1 saturated heterocycles. The molecule has 28 heavy (non-hydrogen) atoms. The standard InChI is InChI=1S/C20H28N2O5S/c1-21(2)28(25,26)18-9-5-8-16(12-18)20(24)27-14-19(23)22-11-10-15-6-3-4-7-17(15)13-22/h5,8-9,12,15,17H,3-4,6-7,10-11,13-14H2,1-2H3/t15-,17-/m0/s1. The van der Waals surface area contributed by atoms with Crippen molar-refractivity contribution in [3.63, 3.8) is 0 Å². The molecule has 0 radical (unpaired) electrons. The first-order valence-corrected chi connectivity index (χ1v) is 11.2. The van der Waals surface area contributed by atoms with Gasteiger partial charge >= 0.3 is 5.97 Å². The van der Waals surface area contributed by atoms with Crippen molar-refractivity contribution in [2.75, 3.05) is 33.8 Å². The van der Waals surface area contributed by atoms with E-state index in [4.69, 9.17) is 4.74 Å². The van der Waals surface area contributed by atoms with Gasteiger partial charge in [0.2, 0.25) is 10.0 Å². The Morgan fingerprint density at radius 3 is 2.57 bits per heavy atom. The largest absolute Gasteiger partial charge is 0.452 e. The number of hydrogen-bond acceptors (Lipinski definition) is 5. The number of esters is 1. The quantitative estimate of drug-likeness (QED) is 0.697. The van der Waals surface area contributed by atoms with Crippen LogP contribution in [0, 0.1) is 11.8 Å². The van der Waals surface area contributed by atoms with Crippen LogP contribution >= 0.6 is 0 Å². The number of amides is 1. The summed E-state index contributed by atoms with van der Waals surface area (Å²) in [5.41, 5.74) is 0.113. The molecule has 0 unspecified atom stereocenters. The van der Waals surface area contributed by atoms with Gasteiger partial charge in [-0.15, -0.1) is 0 Å². The number of benzene rings is 1. The summed E-state index contributed by atoms with van der Waals surface area (Å²) in [4.78, 5) is 26.6. The number of carbonyl (C=O) groups is 2. The summed E-state index contributed by atoms with van der Waals surface area (Å²) in [5.74, 6) is 0.406. The zero-order valence-corrected chi connectivity index (χ0v) is 17.3. The van der Waals surface area contributed by atoms with E-state index in [2.05, 4.69) is 0 Å². The van der Waals surface area contributed by atoms with Crippen LogP contribution in [0.25, 0.3) is 0 Å². The Labute approximate surface area is 166 Å². The molecule has 0 N–H and O–H groups in total. The third-order valence-corrected chi connectivity index (χ3v) is 7.63. The van der Waals surface area contributed by atoms with Gasteiger partial charge in [-0.3, -0.25) is 4.79 Å². The van der Waals surface area contributed by atoms with Crippen LogP contribution in [-0.4, -0.2) is 63.3 Å². The van der Waals surface area contributed by atoms with Crippen LogP contribution in [0.2, 0.25) is 0 Å². The molecule has 0 bridgehead atoms. The van der Waals surface area contributed by atoms with Gasteiger partial charge in [0.25, 0.3) is 5.91 Å². The number of hydrogen-bond donors (Lipinski definition) is 0. The normalized spacial score (nSPS) is 22.6. The average molecular weight is 409 g/mol. The van der Waals surface area contributed by atoms with Crippen molar-refractivity contribution < 1.29 is 22.7 Å². The molecule has 2 atom stereocenters. The third kappa shape index (κ3) is 4.55. The molecule has 1 aliphatic carbocycles. The summed E-state index contributed by atoms with van der Waals surface area (Å²) in [5, 5.41) is 0. The summed E-state index contributed by atoms with van der Waals surface area (Å²) < 4.78 is 30.7. The van der Waals surface area contributed by atoms with Crippen LogP contribution in [0.3, 0.4) is 0 Å². The summed E-state index contributed by atoms with van der Waals surface area (Å²) in [7, 11) is -0.792. The Balaban J connectivity index is 1.57. The fraction of sp³-hybridized carbons (Fsp3) is 0.600. The highest BCUT2D eigenvalue weighted by Crippen LogP contribution is 2.36. The van der Waals surface area contributed by atoms with E-state index in [-0.39, 0.29) is 23.0 Å². The van der Waals surface area contributed by atoms with E-state index in [1.165, 1.54) is 64.0 Å². The molecule has 7 nitrogen and oxygen atoms in total. The number of likely N-dealkylation sites (tertiary alicyclic amines) is 1. The summed E-state index contributed by atoms with van der Waals surface area (Å²) in [6, 6.07) is 5.67. The Morgan fingerprint density at radius 1 is 1.14 bits per heavy atom. The SMILES string of the molecule is CN(C)S(=O)(=O)c1cccc(C(=O)OCC(=O)N2CC[C@@H]3CCCC[C@H]3C2)c1. The lowest BCUT2D eigenvalue weighted by Gasteiger charge is -2.41. The van der Waals surface area contributed by atoms with Crippen LogP contribution in [0.4, 0.5) is 0 Å². The Morgan fingerprint density at radius 2 is 1.86 bits per heavy atom. The first-order valence-electron chi connectivity index (χ1n) is 9.76. The smallest absolute Gasteiger partial charge is 0.338 e. The number of ether oxygens (including phenoxy) is 1. The second-order valence-corrected chi connectivity index (χ2v) is 9.98. The van der Waals surface area contributed by atoms with Gasteiger partial charge < -0.3 is 9.64 Å². The highest BCUT2D eigenvalue weighted by molar-refractivity contribution is 7.89. The van der Waals surface area contributed by atoms with E-state index in [1.807, 2.05) is 0 Å². The zero-order valence-electron chi connectivity index (χ0n) is 16.5. The van der Waals surface area contributed by atoms with Crippen LogP contribution < -0.4 is 0 Å². The predicted octanol–water partition coefficient (Wildman–Crippen LogP) is 2.13. The fourth-order valence-electron chi connectivity index (χ4n) is 4.12. The van der Waals surface area contributed by atoms with Gasteiger partial charge in [-0.25, -0.2) is 17.5 Å². The second-order valence-electron chi connectivity index (χ2n) is 7.82. The predicted molar refractivity (Wildman–Crippen MR) is 104 cm³/mol. The average Bonchev–Trinajstić information content (AvgIpc) is 2.71. The summed E-state index contributed by atoms with van der Waals surface area (Å²) in [6.07, 6.45) is 5.96. The third-order valence-electron chi connectivity index (χ3n) is 5.82. The molecule has 2 fully saturated rings. The van der Waals surface area contributed by atoms with Gasteiger partial charge in [-0.1, -0.05) is 25.3 Å². The van der Waals surface area contributed by atoms with Gasteiger partial charge in [0.15, 0.2) is 6.61 Å². The molecular formula is C20H28N2O5S. The van der Waals surface area contributed by atoms with Crippen LogP contribution in [0.15, 0.2) is 29.2 Å². The van der Waals surface area contributed by atoms with Crippen molar-refractivity contribution in [3.05, 3.63) is 29.8 Å². The van der Waals surface area contributed by atoms with E-state index in [9.17, 15) is 18.0 Å².